The van der Waals surface area contributed by atoms with E-state index in [1.807, 2.05) is 0 Å². The van der Waals surface area contributed by atoms with Crippen molar-refractivity contribution in [1.82, 2.24) is 0 Å². The number of fused-ring (bicyclic) bond motifs is 1. The maximum absolute atomic E-state index is 13.6. The lowest BCUT2D eigenvalue weighted by Crippen LogP contribution is -2.04. The van der Waals surface area contributed by atoms with Crippen LogP contribution in [0.5, 0.6) is 5.75 Å². The predicted octanol–water partition coefficient (Wildman–Crippen LogP) is 1.79. The minimum atomic E-state index is -3.59. The van der Waals surface area contributed by atoms with Crippen LogP contribution in [0.4, 0.5) is 10.1 Å². The van der Waals surface area contributed by atoms with Crippen molar-refractivity contribution in [1.29, 1.82) is 0 Å². The number of nitrogens with zero attached hydrogens (tertiary/aromatic N) is 1. The van der Waals surface area contributed by atoms with Gasteiger partial charge in [0.15, 0.2) is 0 Å². The first-order valence-electron chi connectivity index (χ1n) is 5.11. The van der Waals surface area contributed by atoms with Crippen LogP contribution < -0.4 is 4.74 Å². The van der Waals surface area contributed by atoms with Crippen molar-refractivity contribution in [3.05, 3.63) is 34.4 Å². The van der Waals surface area contributed by atoms with Gasteiger partial charge in [0.05, 0.1) is 26.0 Å². The summed E-state index contributed by atoms with van der Waals surface area (Å²) in [7, 11) is -3.59. The predicted molar refractivity (Wildman–Crippen MR) is 61.5 cm³/mol. The van der Waals surface area contributed by atoms with Gasteiger partial charge in [0.2, 0.25) is 0 Å². The van der Waals surface area contributed by atoms with E-state index >= 15 is 0 Å². The molecule has 1 aromatic rings. The Bertz CT molecular complexity index is 633. The Morgan fingerprint density at radius 1 is 1.61 bits per heavy atom. The zero-order valence-corrected chi connectivity index (χ0v) is 10.4. The third-order valence-corrected chi connectivity index (χ3v) is 3.09. The number of rotatable bonds is 3. The number of benzene rings is 1. The lowest BCUT2D eigenvalue weighted by atomic mass is 10.0. The van der Waals surface area contributed by atoms with Crippen LogP contribution in [-0.4, -0.2) is 21.3 Å². The van der Waals surface area contributed by atoms with Gasteiger partial charge < -0.3 is 4.74 Å². The van der Waals surface area contributed by atoms with Crippen LogP contribution in [0.2, 0.25) is 0 Å². The van der Waals surface area contributed by atoms with Crippen LogP contribution in [0, 0.1) is 12.4 Å². The maximum atomic E-state index is 13.6. The monoisotopic (exact) mass is 271 g/mol. The van der Waals surface area contributed by atoms with E-state index in [0.717, 1.165) is 12.3 Å². The van der Waals surface area contributed by atoms with Crippen molar-refractivity contribution in [2.24, 2.45) is 0 Å². The van der Waals surface area contributed by atoms with Gasteiger partial charge in [-0.15, -0.1) is 0 Å². The molecule has 7 heteroatoms. The minimum Gasteiger partial charge on any atom is -0.504 e. The molecule has 0 bridgehead atoms. The van der Waals surface area contributed by atoms with Crippen LogP contribution in [-0.2, 0) is 27.3 Å². The van der Waals surface area contributed by atoms with Gasteiger partial charge in [0.1, 0.15) is 11.6 Å². The van der Waals surface area contributed by atoms with E-state index in [1.54, 1.807) is 0 Å². The standard InChI is InChI=1S/C11H10FNO4S/c1-13-10-9(12)5-7(6-17-18(2,14)15)8-3-4-16-11(8)10/h5H,3-4,6H2,2H3. The van der Waals surface area contributed by atoms with Crippen molar-refractivity contribution in [3.8, 4) is 5.75 Å². The highest BCUT2D eigenvalue weighted by molar-refractivity contribution is 7.85. The van der Waals surface area contributed by atoms with Crippen LogP contribution in [0.3, 0.4) is 0 Å². The highest BCUT2D eigenvalue weighted by atomic mass is 32.2. The van der Waals surface area contributed by atoms with Gasteiger partial charge in [-0.25, -0.2) is 9.24 Å². The molecule has 0 N–H and O–H groups in total. The molecule has 0 aliphatic carbocycles. The average Bonchev–Trinajstić information content (AvgIpc) is 2.73. The molecule has 2 rings (SSSR count). The van der Waals surface area contributed by atoms with E-state index in [9.17, 15) is 12.8 Å². The summed E-state index contributed by atoms with van der Waals surface area (Å²) in [5.74, 6) is -0.519. The van der Waals surface area contributed by atoms with Crippen LogP contribution >= 0.6 is 0 Å². The fourth-order valence-corrected chi connectivity index (χ4v) is 2.13. The molecule has 0 spiro atoms. The van der Waals surface area contributed by atoms with E-state index < -0.39 is 15.9 Å². The Morgan fingerprint density at radius 3 is 2.94 bits per heavy atom. The summed E-state index contributed by atoms with van der Waals surface area (Å²) in [5, 5.41) is 0. The van der Waals surface area contributed by atoms with Crippen molar-refractivity contribution in [3.63, 3.8) is 0 Å². The van der Waals surface area contributed by atoms with Crippen molar-refractivity contribution >= 4 is 15.8 Å². The Labute approximate surface area is 104 Å². The normalized spacial score (nSPS) is 13.8. The summed E-state index contributed by atoms with van der Waals surface area (Å²) < 4.78 is 45.3. The molecule has 0 fully saturated rings. The van der Waals surface area contributed by atoms with Crippen molar-refractivity contribution in [2.75, 3.05) is 12.9 Å². The number of ether oxygens (including phenoxy) is 1. The Kier molecular flexibility index (Phi) is 3.24. The molecule has 18 heavy (non-hydrogen) atoms. The molecule has 5 nitrogen and oxygen atoms in total. The molecular formula is C11H10FNO4S. The fraction of sp³-hybridized carbons (Fsp3) is 0.364. The second-order valence-corrected chi connectivity index (χ2v) is 5.49. The van der Waals surface area contributed by atoms with Gasteiger partial charge in [-0.2, -0.15) is 8.42 Å². The zero-order valence-electron chi connectivity index (χ0n) is 9.57. The molecule has 96 valence electrons. The molecule has 0 atom stereocenters. The SMILES string of the molecule is [C-]#[N+]c1c(F)cc(COS(C)(=O)=O)c2c1OCC2. The quantitative estimate of drug-likeness (QED) is 0.621. The molecule has 0 saturated carbocycles. The average molecular weight is 271 g/mol. The highest BCUT2D eigenvalue weighted by Crippen LogP contribution is 2.40. The molecule has 0 aromatic heterocycles. The zero-order chi connectivity index (χ0) is 13.3. The van der Waals surface area contributed by atoms with E-state index in [0.29, 0.717) is 24.2 Å². The molecule has 1 aliphatic heterocycles. The first kappa shape index (κ1) is 12.8. The Morgan fingerprint density at radius 2 is 2.33 bits per heavy atom. The van der Waals surface area contributed by atoms with Crippen LogP contribution in [0.1, 0.15) is 11.1 Å². The van der Waals surface area contributed by atoms with Gasteiger partial charge >= 0.3 is 0 Å². The third kappa shape index (κ3) is 2.44. The largest absolute Gasteiger partial charge is 0.504 e. The summed E-state index contributed by atoms with van der Waals surface area (Å²) in [6.07, 6.45) is 1.44. The number of hydrogen-bond donors (Lipinski definition) is 0. The molecule has 0 amide bonds. The van der Waals surface area contributed by atoms with Crippen molar-refractivity contribution in [2.45, 2.75) is 13.0 Å². The Balaban J connectivity index is 2.42. The summed E-state index contributed by atoms with van der Waals surface area (Å²) in [5.41, 5.74) is 0.884. The smallest absolute Gasteiger partial charge is 0.264 e. The van der Waals surface area contributed by atoms with Crippen molar-refractivity contribution < 1.29 is 21.7 Å². The molecule has 1 aliphatic rings. The van der Waals surface area contributed by atoms with E-state index in [4.69, 9.17) is 11.3 Å². The lowest BCUT2D eigenvalue weighted by molar-refractivity contribution is 0.310. The molecule has 1 aromatic carbocycles. The Hall–Kier alpha value is -1.65. The van der Waals surface area contributed by atoms with E-state index in [1.165, 1.54) is 0 Å². The highest BCUT2D eigenvalue weighted by Gasteiger charge is 2.24. The van der Waals surface area contributed by atoms with Gasteiger partial charge in [0, 0.05) is 6.42 Å². The van der Waals surface area contributed by atoms with Crippen LogP contribution in [0.15, 0.2) is 6.07 Å². The molecule has 0 radical (unpaired) electrons. The van der Waals surface area contributed by atoms with E-state index in [-0.39, 0.29) is 18.0 Å². The lowest BCUT2D eigenvalue weighted by Gasteiger charge is -2.09. The summed E-state index contributed by atoms with van der Waals surface area (Å²) in [4.78, 5) is 3.08. The second kappa shape index (κ2) is 4.55. The first-order chi connectivity index (χ1) is 8.42. The number of hydrogen-bond acceptors (Lipinski definition) is 4. The topological polar surface area (TPSA) is 57.0 Å². The van der Waals surface area contributed by atoms with Gasteiger partial charge in [-0.05, 0) is 17.2 Å². The summed E-state index contributed by atoms with van der Waals surface area (Å²) in [6, 6.07) is 1.13. The number of halogens is 1. The van der Waals surface area contributed by atoms with Crippen LogP contribution in [0.25, 0.3) is 4.85 Å². The molecular weight excluding hydrogens is 261 g/mol. The summed E-state index contributed by atoms with van der Waals surface area (Å²) >= 11 is 0. The third-order valence-electron chi connectivity index (χ3n) is 2.54. The van der Waals surface area contributed by atoms with Gasteiger partial charge in [-0.1, -0.05) is 0 Å². The van der Waals surface area contributed by atoms with Gasteiger partial charge in [0.25, 0.3) is 15.8 Å². The summed E-state index contributed by atoms with van der Waals surface area (Å²) in [6.45, 7) is 7.01. The molecule has 0 saturated heterocycles. The molecule has 0 unspecified atom stereocenters. The maximum Gasteiger partial charge on any atom is 0.264 e. The van der Waals surface area contributed by atoms with Gasteiger partial charge in [-0.3, -0.25) is 4.18 Å². The minimum absolute atomic E-state index is 0.161. The molecule has 1 heterocycles. The second-order valence-electron chi connectivity index (χ2n) is 3.85. The first-order valence-corrected chi connectivity index (χ1v) is 6.93. The van der Waals surface area contributed by atoms with E-state index in [2.05, 4.69) is 9.03 Å². The fourth-order valence-electron chi connectivity index (χ4n) is 1.79.